The number of fused-ring (bicyclic) bond motifs is 3. The molecule has 3 heterocycles. The molecule has 0 spiro atoms. The first-order valence-corrected chi connectivity index (χ1v) is 13.3. The monoisotopic (exact) mass is 500 g/mol. The lowest BCUT2D eigenvalue weighted by molar-refractivity contribution is 0.311. The van der Waals surface area contributed by atoms with Crippen LogP contribution in [-0.2, 0) is 6.42 Å². The van der Waals surface area contributed by atoms with Gasteiger partial charge < -0.3 is 9.47 Å². The normalized spacial score (nSPS) is 16.9. The van der Waals surface area contributed by atoms with Crippen molar-refractivity contribution in [3.8, 4) is 11.5 Å². The van der Waals surface area contributed by atoms with Crippen LogP contribution in [0.4, 0.5) is 0 Å². The number of rotatable bonds is 5. The van der Waals surface area contributed by atoms with Crippen LogP contribution in [-0.4, -0.2) is 18.3 Å². The number of allylic oxidation sites excluding steroid dienone is 1. The van der Waals surface area contributed by atoms with Gasteiger partial charge in [-0.2, -0.15) is 0 Å². The molecule has 1 atom stereocenters. The molecule has 0 bridgehead atoms. The minimum Gasteiger partial charge on any atom is -0.493 e. The summed E-state index contributed by atoms with van der Waals surface area (Å²) in [7, 11) is 1.63. The zero-order valence-corrected chi connectivity index (χ0v) is 21.1. The van der Waals surface area contributed by atoms with Crippen molar-refractivity contribution in [1.82, 2.24) is 4.57 Å². The maximum Gasteiger partial charge on any atom is 0.271 e. The van der Waals surface area contributed by atoms with Gasteiger partial charge in [0, 0.05) is 10.4 Å². The summed E-state index contributed by atoms with van der Waals surface area (Å²) in [5.41, 5.74) is 5.65. The molecule has 0 radical (unpaired) electrons. The number of thiazole rings is 1. The molecular weight excluding hydrogens is 476 g/mol. The Morgan fingerprint density at radius 3 is 2.80 bits per heavy atom. The van der Waals surface area contributed by atoms with Gasteiger partial charge in [0.2, 0.25) is 0 Å². The van der Waals surface area contributed by atoms with E-state index < -0.39 is 0 Å². The summed E-state index contributed by atoms with van der Waals surface area (Å²) >= 11 is 3.14. The van der Waals surface area contributed by atoms with E-state index in [-0.39, 0.29) is 11.6 Å². The van der Waals surface area contributed by atoms with E-state index in [2.05, 4.69) is 41.8 Å². The van der Waals surface area contributed by atoms with Crippen LogP contribution in [0.25, 0.3) is 11.8 Å². The third-order valence-corrected chi connectivity index (χ3v) is 8.38. The van der Waals surface area contributed by atoms with E-state index >= 15 is 0 Å². The first-order valence-electron chi connectivity index (χ1n) is 11.6. The van der Waals surface area contributed by atoms with E-state index in [1.54, 1.807) is 18.4 Å². The fourth-order valence-corrected chi connectivity index (χ4v) is 6.77. The molecule has 5 nitrogen and oxygen atoms in total. The Labute approximate surface area is 210 Å². The average Bonchev–Trinajstić information content (AvgIpc) is 3.52. The molecule has 1 aliphatic carbocycles. The fourth-order valence-electron chi connectivity index (χ4n) is 4.92. The fraction of sp³-hybridized carbons (Fsp3) is 0.214. The third kappa shape index (κ3) is 3.75. The van der Waals surface area contributed by atoms with E-state index in [0.29, 0.717) is 22.6 Å². The van der Waals surface area contributed by atoms with Crippen LogP contribution in [0.15, 0.2) is 75.3 Å². The second-order valence-corrected chi connectivity index (χ2v) is 10.5. The topological polar surface area (TPSA) is 52.8 Å². The Morgan fingerprint density at radius 2 is 2.00 bits per heavy atom. The number of aromatic nitrogens is 1. The predicted octanol–water partition coefficient (Wildman–Crippen LogP) is 4.79. The van der Waals surface area contributed by atoms with Crippen LogP contribution in [0.1, 0.15) is 41.0 Å². The molecule has 0 fully saturated rings. The summed E-state index contributed by atoms with van der Waals surface area (Å²) in [5.74, 6) is 1.34. The molecule has 0 N–H and O–H groups in total. The molecule has 7 heteroatoms. The Bertz CT molecular complexity index is 1630. The van der Waals surface area contributed by atoms with Crippen molar-refractivity contribution >= 4 is 34.4 Å². The third-order valence-electron chi connectivity index (χ3n) is 6.47. The predicted molar refractivity (Wildman–Crippen MR) is 141 cm³/mol. The van der Waals surface area contributed by atoms with E-state index in [4.69, 9.17) is 14.5 Å². The zero-order valence-electron chi connectivity index (χ0n) is 19.5. The molecule has 35 heavy (non-hydrogen) atoms. The summed E-state index contributed by atoms with van der Waals surface area (Å²) in [6.07, 6.45) is 3.79. The van der Waals surface area contributed by atoms with Gasteiger partial charge in [-0.3, -0.25) is 9.36 Å². The van der Waals surface area contributed by atoms with Gasteiger partial charge in [0.1, 0.15) is 0 Å². The van der Waals surface area contributed by atoms with Crippen molar-refractivity contribution in [3.63, 3.8) is 0 Å². The Morgan fingerprint density at radius 1 is 1.11 bits per heavy atom. The molecule has 2 aliphatic rings. The van der Waals surface area contributed by atoms with E-state index in [9.17, 15) is 4.79 Å². The number of nitrogens with zero attached hydrogens (tertiary/aromatic N) is 2. The molecule has 1 aliphatic heterocycles. The van der Waals surface area contributed by atoms with E-state index in [0.717, 1.165) is 28.9 Å². The van der Waals surface area contributed by atoms with Gasteiger partial charge in [0.15, 0.2) is 16.3 Å². The highest BCUT2D eigenvalue weighted by molar-refractivity contribution is 7.10. The van der Waals surface area contributed by atoms with Gasteiger partial charge in [-0.05, 0) is 66.1 Å². The Hall–Kier alpha value is -3.42. The molecule has 2 aromatic carbocycles. The molecule has 1 unspecified atom stereocenters. The van der Waals surface area contributed by atoms with Crippen LogP contribution < -0.4 is 24.4 Å². The number of methoxy groups -OCH3 is 1. The average molecular weight is 501 g/mol. The number of benzene rings is 2. The summed E-state index contributed by atoms with van der Waals surface area (Å²) < 4.78 is 13.7. The van der Waals surface area contributed by atoms with Crippen LogP contribution in [0.2, 0.25) is 0 Å². The van der Waals surface area contributed by atoms with E-state index in [1.807, 2.05) is 35.8 Å². The van der Waals surface area contributed by atoms with Crippen molar-refractivity contribution < 1.29 is 9.47 Å². The van der Waals surface area contributed by atoms with Gasteiger partial charge in [-0.1, -0.05) is 47.7 Å². The lowest BCUT2D eigenvalue weighted by atomic mass is 9.85. The Balaban J connectivity index is 1.55. The second-order valence-electron chi connectivity index (χ2n) is 8.47. The SMILES string of the molecule is CCOc1cc(C=c2sc3n(c2=O)C(c2cccs2)C2=C(N=3)c3ccccc3CC2)ccc1OC. The highest BCUT2D eigenvalue weighted by atomic mass is 32.1. The van der Waals surface area contributed by atoms with Gasteiger partial charge >= 0.3 is 0 Å². The highest BCUT2D eigenvalue weighted by Crippen LogP contribution is 2.42. The largest absolute Gasteiger partial charge is 0.493 e. The standard InChI is InChI=1S/C28H24N2O3S2/c1-3-33-22-15-17(10-13-21(22)32-2)16-24-27(31)30-26(23-9-6-14-34-23)20-12-11-18-7-4-5-8-19(18)25(20)29-28(30)35-24/h4-10,13-16,26H,3,11-12H2,1-2H3. The number of aryl methyl sites for hydroxylation is 1. The minimum atomic E-state index is -0.119. The highest BCUT2D eigenvalue weighted by Gasteiger charge is 2.32. The Kier molecular flexibility index (Phi) is 5.66. The lowest BCUT2D eigenvalue weighted by Crippen LogP contribution is -2.38. The molecule has 0 saturated carbocycles. The van der Waals surface area contributed by atoms with Crippen molar-refractivity contribution in [2.75, 3.05) is 13.7 Å². The maximum absolute atomic E-state index is 13.8. The van der Waals surface area contributed by atoms with Crippen LogP contribution >= 0.6 is 22.7 Å². The molecule has 2 aromatic heterocycles. The molecular formula is C28H24N2O3S2. The number of thiophene rings is 1. The first kappa shape index (κ1) is 22.1. The van der Waals surface area contributed by atoms with Gasteiger partial charge in [-0.15, -0.1) is 11.3 Å². The van der Waals surface area contributed by atoms with E-state index in [1.165, 1.54) is 32.9 Å². The van der Waals surface area contributed by atoms with Gasteiger partial charge in [0.05, 0.1) is 30.0 Å². The summed E-state index contributed by atoms with van der Waals surface area (Å²) in [6, 6.07) is 18.3. The van der Waals surface area contributed by atoms with Crippen LogP contribution in [0.5, 0.6) is 11.5 Å². The van der Waals surface area contributed by atoms with Crippen molar-refractivity contribution in [2.45, 2.75) is 25.8 Å². The van der Waals surface area contributed by atoms with Gasteiger partial charge in [0.25, 0.3) is 5.56 Å². The molecule has 0 amide bonds. The summed E-state index contributed by atoms with van der Waals surface area (Å²) in [4.78, 5) is 20.8. The lowest BCUT2D eigenvalue weighted by Gasteiger charge is -2.30. The van der Waals surface area contributed by atoms with Crippen molar-refractivity contribution in [3.05, 3.63) is 107 Å². The number of ether oxygens (including phenoxy) is 2. The molecule has 4 aromatic rings. The number of hydrogen-bond acceptors (Lipinski definition) is 6. The molecule has 176 valence electrons. The van der Waals surface area contributed by atoms with Crippen LogP contribution in [0, 0.1) is 0 Å². The van der Waals surface area contributed by atoms with Crippen molar-refractivity contribution in [1.29, 1.82) is 0 Å². The summed E-state index contributed by atoms with van der Waals surface area (Å²) in [5, 5.41) is 2.08. The quantitative estimate of drug-likeness (QED) is 0.396. The second kappa shape index (κ2) is 8.98. The molecule has 6 rings (SSSR count). The van der Waals surface area contributed by atoms with Gasteiger partial charge in [-0.25, -0.2) is 4.99 Å². The smallest absolute Gasteiger partial charge is 0.271 e. The maximum atomic E-state index is 13.8. The number of hydrogen-bond donors (Lipinski definition) is 0. The summed E-state index contributed by atoms with van der Waals surface area (Å²) in [6.45, 7) is 2.48. The van der Waals surface area contributed by atoms with Crippen molar-refractivity contribution in [2.24, 2.45) is 4.99 Å². The zero-order chi connectivity index (χ0) is 23.9. The minimum absolute atomic E-state index is 0.00802. The van der Waals surface area contributed by atoms with Crippen LogP contribution in [0.3, 0.4) is 0 Å². The first-order chi connectivity index (χ1) is 17.2. The molecule has 0 saturated heterocycles.